The first kappa shape index (κ1) is 13.4. The molecule has 1 N–H and O–H groups in total. The lowest BCUT2D eigenvalue weighted by atomic mass is 10.1. The van der Waals surface area contributed by atoms with E-state index in [1.54, 1.807) is 35.0 Å². The number of hydrogen-bond donors (Lipinski definition) is 1. The van der Waals surface area contributed by atoms with E-state index < -0.39 is 5.97 Å². The number of carboxylic acid groups (broad SMARTS) is 1. The molecule has 1 aliphatic carbocycles. The largest absolute Gasteiger partial charge is 0.481 e. The highest BCUT2D eigenvalue weighted by Gasteiger charge is 2.25. The van der Waals surface area contributed by atoms with Gasteiger partial charge in [-0.25, -0.2) is 4.98 Å². The molecule has 1 saturated carbocycles. The van der Waals surface area contributed by atoms with Crippen LogP contribution in [0.25, 0.3) is 0 Å². The molecule has 3 rings (SSSR count). The number of hydrogen-bond acceptors (Lipinski definition) is 4. The zero-order valence-electron chi connectivity index (χ0n) is 11.2. The number of benzene rings is 1. The third-order valence-electron chi connectivity index (χ3n) is 3.25. The number of rotatable bonds is 5. The average molecular weight is 286 g/mol. The van der Waals surface area contributed by atoms with Crippen LogP contribution in [0.1, 0.15) is 24.4 Å². The first-order valence-corrected chi connectivity index (χ1v) is 6.69. The lowest BCUT2D eigenvalue weighted by Crippen LogP contribution is -2.20. The van der Waals surface area contributed by atoms with Crippen LogP contribution in [0.15, 0.2) is 41.5 Å². The first-order valence-electron chi connectivity index (χ1n) is 6.69. The fraction of sp³-hybridized carbons (Fsp3) is 0.267. The lowest BCUT2D eigenvalue weighted by molar-refractivity contribution is -0.136. The molecule has 0 spiro atoms. The van der Waals surface area contributed by atoms with Gasteiger partial charge >= 0.3 is 11.5 Å². The standard InChI is InChI=1S/C15H14N2O4/c18-13(19)9-10-2-1-3-12(8-10)21-14-15(20)17(7-6-16-14)11-4-5-11/h1-3,6-8,11H,4-5,9H2,(H,18,19). The molecule has 6 nitrogen and oxygen atoms in total. The van der Waals surface area contributed by atoms with Crippen molar-refractivity contribution in [1.82, 2.24) is 9.55 Å². The van der Waals surface area contributed by atoms with Gasteiger partial charge in [0.15, 0.2) is 0 Å². The Morgan fingerprint density at radius 1 is 1.43 bits per heavy atom. The van der Waals surface area contributed by atoms with Gasteiger partial charge in [0.05, 0.1) is 6.42 Å². The molecule has 2 aromatic rings. The summed E-state index contributed by atoms with van der Waals surface area (Å²) in [7, 11) is 0. The zero-order chi connectivity index (χ0) is 14.8. The minimum absolute atomic E-state index is 0.0110. The van der Waals surface area contributed by atoms with Crippen LogP contribution in [0, 0.1) is 0 Å². The molecule has 6 heteroatoms. The van der Waals surface area contributed by atoms with Crippen molar-refractivity contribution in [3.8, 4) is 11.6 Å². The zero-order valence-corrected chi connectivity index (χ0v) is 11.2. The summed E-state index contributed by atoms with van der Waals surface area (Å²) in [6.07, 6.45) is 5.10. The van der Waals surface area contributed by atoms with Gasteiger partial charge in [-0.15, -0.1) is 0 Å². The van der Waals surface area contributed by atoms with Gasteiger partial charge < -0.3 is 14.4 Å². The van der Waals surface area contributed by atoms with Gasteiger partial charge in [-0.1, -0.05) is 12.1 Å². The fourth-order valence-corrected chi connectivity index (χ4v) is 2.12. The minimum Gasteiger partial charge on any atom is -0.481 e. The third-order valence-corrected chi connectivity index (χ3v) is 3.25. The van der Waals surface area contributed by atoms with Gasteiger partial charge in [0.2, 0.25) is 0 Å². The normalized spacial score (nSPS) is 13.9. The Labute approximate surface area is 120 Å². The predicted octanol–water partition coefficient (Wildman–Crippen LogP) is 2.00. The molecule has 0 radical (unpaired) electrons. The first-order chi connectivity index (χ1) is 10.1. The Hall–Kier alpha value is -2.63. The van der Waals surface area contributed by atoms with Crippen LogP contribution in [0.4, 0.5) is 0 Å². The maximum absolute atomic E-state index is 12.2. The van der Waals surface area contributed by atoms with Crippen molar-refractivity contribution in [2.45, 2.75) is 25.3 Å². The molecular formula is C15H14N2O4. The highest BCUT2D eigenvalue weighted by Crippen LogP contribution is 2.33. The molecule has 0 atom stereocenters. The van der Waals surface area contributed by atoms with Crippen LogP contribution in [0.2, 0.25) is 0 Å². The van der Waals surface area contributed by atoms with Gasteiger partial charge in [-0.05, 0) is 30.5 Å². The summed E-state index contributed by atoms with van der Waals surface area (Å²) in [6.45, 7) is 0. The molecule has 0 aliphatic heterocycles. The molecule has 0 amide bonds. The second kappa shape index (κ2) is 5.40. The number of aliphatic carboxylic acids is 1. The lowest BCUT2D eigenvalue weighted by Gasteiger charge is -2.08. The number of ether oxygens (including phenoxy) is 1. The molecular weight excluding hydrogens is 272 g/mol. The van der Waals surface area contributed by atoms with Gasteiger partial charge in [0, 0.05) is 18.4 Å². The number of aromatic nitrogens is 2. The summed E-state index contributed by atoms with van der Waals surface area (Å²) in [6, 6.07) is 6.91. The molecule has 0 saturated heterocycles. The van der Waals surface area contributed by atoms with E-state index in [1.165, 1.54) is 6.20 Å². The molecule has 108 valence electrons. The van der Waals surface area contributed by atoms with E-state index in [4.69, 9.17) is 9.84 Å². The van der Waals surface area contributed by atoms with Crippen LogP contribution in [0.3, 0.4) is 0 Å². The third kappa shape index (κ3) is 3.10. The summed E-state index contributed by atoms with van der Waals surface area (Å²) in [4.78, 5) is 26.9. The molecule has 1 fully saturated rings. The topological polar surface area (TPSA) is 81.4 Å². The SMILES string of the molecule is O=C(O)Cc1cccc(Oc2nccn(C3CC3)c2=O)c1. The second-order valence-electron chi connectivity index (χ2n) is 5.00. The van der Waals surface area contributed by atoms with Crippen LogP contribution in [-0.4, -0.2) is 20.6 Å². The number of carbonyl (C=O) groups is 1. The minimum atomic E-state index is -0.916. The molecule has 1 aliphatic rings. The van der Waals surface area contributed by atoms with Gasteiger partial charge in [0.25, 0.3) is 5.88 Å². The Morgan fingerprint density at radius 2 is 2.24 bits per heavy atom. The highest BCUT2D eigenvalue weighted by atomic mass is 16.5. The van der Waals surface area contributed by atoms with Crippen molar-refractivity contribution < 1.29 is 14.6 Å². The van der Waals surface area contributed by atoms with E-state index in [-0.39, 0.29) is 23.9 Å². The monoisotopic (exact) mass is 286 g/mol. The van der Waals surface area contributed by atoms with Crippen molar-refractivity contribution in [2.75, 3.05) is 0 Å². The average Bonchev–Trinajstić information content (AvgIpc) is 3.25. The van der Waals surface area contributed by atoms with E-state index in [2.05, 4.69) is 4.98 Å². The van der Waals surface area contributed by atoms with Gasteiger partial charge in [0.1, 0.15) is 5.75 Å². The van der Waals surface area contributed by atoms with Crippen LogP contribution in [-0.2, 0) is 11.2 Å². The van der Waals surface area contributed by atoms with Crippen LogP contribution in [0.5, 0.6) is 11.6 Å². The summed E-state index contributed by atoms with van der Waals surface area (Å²) >= 11 is 0. The van der Waals surface area contributed by atoms with Crippen molar-refractivity contribution in [2.24, 2.45) is 0 Å². The molecule has 1 aromatic carbocycles. The maximum Gasteiger partial charge on any atom is 0.313 e. The number of nitrogens with zero attached hydrogens (tertiary/aromatic N) is 2. The molecule has 0 bridgehead atoms. The van der Waals surface area contributed by atoms with Crippen molar-refractivity contribution in [1.29, 1.82) is 0 Å². The van der Waals surface area contributed by atoms with Crippen molar-refractivity contribution in [3.63, 3.8) is 0 Å². The molecule has 1 heterocycles. The predicted molar refractivity (Wildman–Crippen MR) is 74.6 cm³/mol. The van der Waals surface area contributed by atoms with E-state index in [0.717, 1.165) is 12.8 Å². The Morgan fingerprint density at radius 3 is 2.95 bits per heavy atom. The summed E-state index contributed by atoms with van der Waals surface area (Å²) in [5.74, 6) is -0.496. The highest BCUT2D eigenvalue weighted by molar-refractivity contribution is 5.70. The van der Waals surface area contributed by atoms with E-state index in [9.17, 15) is 9.59 Å². The van der Waals surface area contributed by atoms with Crippen molar-refractivity contribution in [3.05, 3.63) is 52.6 Å². The summed E-state index contributed by atoms with van der Waals surface area (Å²) in [5.41, 5.74) is 0.349. The molecule has 0 unspecified atom stereocenters. The summed E-state index contributed by atoms with van der Waals surface area (Å²) < 4.78 is 7.14. The Bertz CT molecular complexity index is 734. The smallest absolute Gasteiger partial charge is 0.313 e. The van der Waals surface area contributed by atoms with Crippen molar-refractivity contribution >= 4 is 5.97 Å². The number of carboxylic acids is 1. The quantitative estimate of drug-likeness (QED) is 0.909. The Balaban J connectivity index is 1.85. The van der Waals surface area contributed by atoms with E-state index in [0.29, 0.717) is 11.3 Å². The molecule has 1 aromatic heterocycles. The van der Waals surface area contributed by atoms with E-state index in [1.807, 2.05) is 0 Å². The van der Waals surface area contributed by atoms with E-state index >= 15 is 0 Å². The second-order valence-corrected chi connectivity index (χ2v) is 5.00. The Kier molecular flexibility index (Phi) is 3.43. The fourth-order valence-electron chi connectivity index (χ4n) is 2.12. The summed E-state index contributed by atoms with van der Waals surface area (Å²) in [5, 5.41) is 8.79. The van der Waals surface area contributed by atoms with Crippen LogP contribution < -0.4 is 10.3 Å². The maximum atomic E-state index is 12.2. The van der Waals surface area contributed by atoms with Crippen LogP contribution >= 0.6 is 0 Å². The van der Waals surface area contributed by atoms with Gasteiger partial charge in [-0.3, -0.25) is 9.59 Å². The van der Waals surface area contributed by atoms with Gasteiger partial charge in [-0.2, -0.15) is 0 Å². The molecule has 21 heavy (non-hydrogen) atoms.